The molecule has 0 bridgehead atoms. The molecule has 29 heteroatoms. The highest BCUT2D eigenvalue weighted by Crippen LogP contribution is 2.41. The van der Waals surface area contributed by atoms with Crippen molar-refractivity contribution in [1.29, 1.82) is 0 Å². The number of benzene rings is 6. The molecule has 8 aromatic rings. The molecule has 0 radical (unpaired) electrons. The largest absolute Gasteiger partial charge is 0.478 e. The third kappa shape index (κ3) is 14.3. The van der Waals surface area contributed by atoms with Crippen molar-refractivity contribution in [3.8, 4) is 22.6 Å². The molecule has 0 saturated carbocycles. The zero-order valence-electron chi connectivity index (χ0n) is 53.7. The van der Waals surface area contributed by atoms with E-state index < -0.39 is 47.6 Å². The Morgan fingerprint density at radius 1 is 0.570 bits per heavy atom. The van der Waals surface area contributed by atoms with Gasteiger partial charge in [-0.25, -0.2) is 47.5 Å². The van der Waals surface area contributed by atoms with E-state index in [-0.39, 0.29) is 56.5 Å². The molecule has 6 aromatic carbocycles. The number of nitrogens with zero attached hydrogens (tertiary/aromatic N) is 10. The number of hydrogen-bond acceptors (Lipinski definition) is 19. The van der Waals surface area contributed by atoms with Gasteiger partial charge in [0.05, 0.1) is 48.6 Å². The Kier molecular flexibility index (Phi) is 19.9. The highest BCUT2D eigenvalue weighted by Gasteiger charge is 2.45. The molecule has 4 amide bonds. The predicted molar refractivity (Wildman–Crippen MR) is 373 cm³/mol. The Balaban J connectivity index is 0.000000179. The highest BCUT2D eigenvalue weighted by atomic mass is 35.5. The van der Waals surface area contributed by atoms with Gasteiger partial charge in [0.2, 0.25) is 0 Å². The average molecular weight is 1430 g/mol. The van der Waals surface area contributed by atoms with E-state index in [4.69, 9.17) is 47.4 Å². The van der Waals surface area contributed by atoms with Gasteiger partial charge in [0.25, 0.3) is 0 Å². The predicted octanol–water partition coefficient (Wildman–Crippen LogP) is 11.3. The van der Waals surface area contributed by atoms with Crippen LogP contribution in [0.4, 0.5) is 29.7 Å². The topological polar surface area (TPSA) is 265 Å². The summed E-state index contributed by atoms with van der Waals surface area (Å²) in [5.41, 5.74) is 6.86. The number of amidine groups is 2. The number of piperazine rings is 2. The number of fused-ring (bicyclic) bond motifs is 2. The maximum Gasteiger partial charge on any atom is 0.338 e. The lowest BCUT2D eigenvalue weighted by Crippen LogP contribution is -2.53. The molecular weight excluding hydrogens is 1370 g/mol. The van der Waals surface area contributed by atoms with Crippen LogP contribution in [0, 0.1) is 18.6 Å². The molecule has 100 heavy (non-hydrogen) atoms. The first-order chi connectivity index (χ1) is 48.3. The van der Waals surface area contributed by atoms with Crippen molar-refractivity contribution < 1.29 is 62.0 Å². The molecule has 8 heterocycles. The average Bonchev–Trinajstić information content (AvgIpc) is 1.13. The van der Waals surface area contributed by atoms with Crippen molar-refractivity contribution in [2.45, 2.75) is 31.1 Å². The van der Waals surface area contributed by atoms with Gasteiger partial charge in [-0.3, -0.25) is 29.6 Å². The van der Waals surface area contributed by atoms with Gasteiger partial charge in [-0.1, -0.05) is 59.6 Å². The number of methoxy groups -OCH3 is 2. The summed E-state index contributed by atoms with van der Waals surface area (Å²) < 4.78 is 44.4. The fraction of sp³-hybridized carbons (Fsp3) is 0.239. The second kappa shape index (κ2) is 29.2. The number of aryl methyl sites for hydroxylation is 1. The zero-order valence-corrected chi connectivity index (χ0v) is 56.8. The number of amides is 4. The van der Waals surface area contributed by atoms with Gasteiger partial charge in [0, 0.05) is 133 Å². The van der Waals surface area contributed by atoms with E-state index in [1.54, 1.807) is 77.6 Å². The van der Waals surface area contributed by atoms with Crippen molar-refractivity contribution in [3.05, 3.63) is 233 Å². The summed E-state index contributed by atoms with van der Waals surface area (Å²) in [5.74, 6) is -2.19. The normalized spacial score (nSPS) is 19.2. The van der Waals surface area contributed by atoms with Gasteiger partial charge < -0.3 is 44.9 Å². The SMILES string of the molecule is COC(=O)C1=C(CN2CCN3C(=O)N(c4ccc(-c5ccc(C(=O)O)cc5)cc4)C[C@@H]3C2)NC(c2nccs2)=N[C@H]1c1ccc(F)cc1Cl.COC(=O)C1=C(CN2CCN3C(=O)N(c4ccc(Oc5ccc(C(=O)O)c(C)c5)cc4)C[C@@H]3C2)NC(c2nccs2)=N[C@H]1c1ccc(F)cc1Cl. The number of aliphatic imine (C=N–C) groups is 2. The number of halogens is 4. The molecule has 2 aromatic heterocycles. The van der Waals surface area contributed by atoms with E-state index in [1.807, 2.05) is 57.0 Å². The lowest BCUT2D eigenvalue weighted by Gasteiger charge is -2.38. The molecule has 14 rings (SSSR count). The van der Waals surface area contributed by atoms with Crippen LogP contribution in [0.3, 0.4) is 0 Å². The van der Waals surface area contributed by atoms with Gasteiger partial charge in [0.15, 0.2) is 21.7 Å². The Morgan fingerprint density at radius 3 is 1.43 bits per heavy atom. The number of carbonyl (C=O) groups excluding carboxylic acids is 4. The van der Waals surface area contributed by atoms with Gasteiger partial charge in [-0.2, -0.15) is 0 Å². The minimum absolute atomic E-state index is 0.0716. The Labute approximate surface area is 589 Å². The summed E-state index contributed by atoms with van der Waals surface area (Å²) in [4.78, 5) is 106. The molecule has 4 atom stereocenters. The number of hydrogen-bond donors (Lipinski definition) is 4. The fourth-order valence-corrected chi connectivity index (χ4v) is 14.8. The summed E-state index contributed by atoms with van der Waals surface area (Å²) in [6.45, 7) is 6.50. The van der Waals surface area contributed by atoms with Crippen molar-refractivity contribution in [2.24, 2.45) is 9.98 Å². The smallest absolute Gasteiger partial charge is 0.338 e. The fourth-order valence-electron chi connectivity index (χ4n) is 13.1. The molecular formula is C71H62Cl2F2N12O11S2. The second-order valence-electron chi connectivity index (χ2n) is 24.0. The van der Waals surface area contributed by atoms with Crippen molar-refractivity contribution in [3.63, 3.8) is 0 Å². The third-order valence-electron chi connectivity index (χ3n) is 17.9. The maximum absolute atomic E-state index is 14.0. The van der Waals surface area contributed by atoms with E-state index in [2.05, 4.69) is 30.4 Å². The van der Waals surface area contributed by atoms with Gasteiger partial charge >= 0.3 is 35.9 Å². The lowest BCUT2D eigenvalue weighted by atomic mass is 9.95. The number of aromatic carboxylic acids is 2. The molecule has 0 spiro atoms. The minimum Gasteiger partial charge on any atom is -0.478 e. The first-order valence-corrected chi connectivity index (χ1v) is 34.0. The Morgan fingerprint density at radius 2 is 1.02 bits per heavy atom. The Bertz CT molecular complexity index is 4640. The first-order valence-electron chi connectivity index (χ1n) is 31.5. The zero-order chi connectivity index (χ0) is 70.0. The van der Waals surface area contributed by atoms with E-state index in [0.717, 1.165) is 22.5 Å². The van der Waals surface area contributed by atoms with Crippen LogP contribution in [-0.2, 0) is 19.1 Å². The molecule has 0 unspecified atom stereocenters. The number of anilines is 2. The monoisotopic (exact) mass is 1430 g/mol. The number of nitrogens with one attached hydrogen (secondary N) is 2. The second-order valence-corrected chi connectivity index (χ2v) is 26.6. The number of carbonyl (C=O) groups is 6. The molecule has 4 N–H and O–H groups in total. The highest BCUT2D eigenvalue weighted by molar-refractivity contribution is 7.12. The summed E-state index contributed by atoms with van der Waals surface area (Å²) in [7, 11) is 2.60. The van der Waals surface area contributed by atoms with Crippen LogP contribution in [0.25, 0.3) is 11.1 Å². The minimum atomic E-state index is -0.997. The summed E-state index contributed by atoms with van der Waals surface area (Å²) in [6, 6.07) is 32.1. The summed E-state index contributed by atoms with van der Waals surface area (Å²) in [5, 5.41) is 30.3. The van der Waals surface area contributed by atoms with Crippen molar-refractivity contribution in [1.82, 2.24) is 40.2 Å². The van der Waals surface area contributed by atoms with E-state index >= 15 is 0 Å². The van der Waals surface area contributed by atoms with Crippen LogP contribution in [0.2, 0.25) is 10.0 Å². The quantitative estimate of drug-likeness (QED) is 0.0617. The Hall–Kier alpha value is -10.4. The van der Waals surface area contributed by atoms with Gasteiger partial charge in [-0.05, 0) is 115 Å². The van der Waals surface area contributed by atoms with Gasteiger partial charge in [-0.15, -0.1) is 22.7 Å². The molecule has 6 aliphatic heterocycles. The number of rotatable bonds is 17. The van der Waals surface area contributed by atoms with Crippen LogP contribution in [0.15, 0.2) is 183 Å². The number of esters is 2. The molecule has 512 valence electrons. The number of urea groups is 2. The number of carboxylic acids is 2. The van der Waals surface area contributed by atoms with E-state index in [0.29, 0.717) is 127 Å². The molecule has 23 nitrogen and oxygen atoms in total. The number of ether oxygens (including phenoxy) is 3. The van der Waals surface area contributed by atoms with Crippen molar-refractivity contribution in [2.75, 3.05) is 89.5 Å². The van der Waals surface area contributed by atoms with E-state index in [1.165, 1.54) is 79.4 Å². The van der Waals surface area contributed by atoms with Gasteiger partial charge in [0.1, 0.15) is 35.2 Å². The summed E-state index contributed by atoms with van der Waals surface area (Å²) in [6.07, 6.45) is 3.33. The first kappa shape index (κ1) is 68.1. The maximum atomic E-state index is 14.0. The number of aromatic nitrogens is 2. The molecule has 0 aliphatic carbocycles. The van der Waals surface area contributed by atoms with Crippen LogP contribution in [-0.4, -0.2) is 179 Å². The third-order valence-corrected chi connectivity index (χ3v) is 20.2. The van der Waals surface area contributed by atoms with E-state index in [9.17, 15) is 47.8 Å². The number of thiazole rings is 2. The van der Waals surface area contributed by atoms with Crippen LogP contribution < -0.4 is 25.2 Å². The molecule has 4 fully saturated rings. The molecule has 4 saturated heterocycles. The lowest BCUT2D eigenvalue weighted by molar-refractivity contribution is -0.137. The standard InChI is InChI=1S/C36H32ClFN6O6S.C35H30ClFN6O5S/c1-20-15-25(8-10-26(20)34(45)46)50-24-6-4-22(5-7-24)44-18-23-17-42(12-13-43(23)36(44)48)19-29-30(35(47)49-2)31(27-9-3-21(38)16-28(27)37)41-32(40-29)33-39-11-14-51-33;1-48-34(46)29-28(39-31(32-38-12-15-49-32)40-30(29)26-11-8-23(37)16-27(26)36)19-41-13-14-42-25(17-41)18-43(35(42)47)24-9-6-21(7-10-24)20-2-4-22(5-3-20)33(44)45/h3-11,14-16,23,31H,12-13,17-19H2,1-2H3,(H,40,41)(H,45,46);2-12,15-16,25,30H,13-14,17-19H2,1H3,(H,39,40)(H,44,45)/t23-,31-;25-,30-/m00/s1. The summed E-state index contributed by atoms with van der Waals surface area (Å²) >= 11 is 15.8. The molecule has 6 aliphatic rings. The van der Waals surface area contributed by atoms with Crippen LogP contribution in [0.5, 0.6) is 11.5 Å². The van der Waals surface area contributed by atoms with Crippen molar-refractivity contribution >= 4 is 105 Å². The van der Waals surface area contributed by atoms with Crippen LogP contribution >= 0.6 is 45.9 Å². The van der Waals surface area contributed by atoms with Crippen LogP contribution in [0.1, 0.15) is 59.5 Å². The number of carboxylic acid groups (broad SMARTS) is 2.